The van der Waals surface area contributed by atoms with Crippen molar-refractivity contribution in [3.8, 4) is 17.3 Å². The van der Waals surface area contributed by atoms with Crippen molar-refractivity contribution in [1.29, 1.82) is 0 Å². The SMILES string of the molecule is CN(C)CCOc1ncc(C(=O)O)c(-c2ccc(F)cc2Cl)n1. The third-order valence-corrected chi connectivity index (χ3v) is 3.27. The van der Waals surface area contributed by atoms with Crippen LogP contribution in [0.15, 0.2) is 24.4 Å². The zero-order valence-corrected chi connectivity index (χ0v) is 13.3. The summed E-state index contributed by atoms with van der Waals surface area (Å²) in [6.45, 7) is 0.993. The van der Waals surface area contributed by atoms with Gasteiger partial charge in [0, 0.05) is 18.3 Å². The van der Waals surface area contributed by atoms with Gasteiger partial charge in [-0.3, -0.25) is 0 Å². The summed E-state index contributed by atoms with van der Waals surface area (Å²) in [5.74, 6) is -1.73. The maximum absolute atomic E-state index is 13.2. The topological polar surface area (TPSA) is 75.5 Å². The Morgan fingerprint density at radius 2 is 2.17 bits per heavy atom. The standard InChI is InChI=1S/C15H15ClFN3O3/c1-20(2)5-6-23-15-18-8-11(14(21)22)13(19-15)10-4-3-9(17)7-12(10)16/h3-4,7-8H,5-6H2,1-2H3,(H,21,22). The minimum atomic E-state index is -1.21. The molecule has 0 radical (unpaired) electrons. The molecule has 1 aromatic heterocycles. The van der Waals surface area contributed by atoms with Crippen molar-refractivity contribution in [1.82, 2.24) is 14.9 Å². The Morgan fingerprint density at radius 1 is 1.43 bits per heavy atom. The summed E-state index contributed by atoms with van der Waals surface area (Å²) >= 11 is 6.00. The van der Waals surface area contributed by atoms with Gasteiger partial charge in [0.2, 0.25) is 0 Å². The number of aromatic nitrogens is 2. The van der Waals surface area contributed by atoms with Crippen LogP contribution in [-0.4, -0.2) is 53.2 Å². The summed E-state index contributed by atoms with van der Waals surface area (Å²) in [6, 6.07) is 3.68. The van der Waals surface area contributed by atoms with Crippen LogP contribution in [0.3, 0.4) is 0 Å². The van der Waals surface area contributed by atoms with E-state index < -0.39 is 11.8 Å². The summed E-state index contributed by atoms with van der Waals surface area (Å²) in [5, 5.41) is 9.33. The molecule has 2 rings (SSSR count). The second-order valence-electron chi connectivity index (χ2n) is 5.00. The van der Waals surface area contributed by atoms with Gasteiger partial charge >= 0.3 is 12.0 Å². The molecule has 23 heavy (non-hydrogen) atoms. The van der Waals surface area contributed by atoms with Crippen LogP contribution in [0, 0.1) is 5.82 Å². The van der Waals surface area contributed by atoms with E-state index in [1.165, 1.54) is 12.1 Å². The highest BCUT2D eigenvalue weighted by Crippen LogP contribution is 2.30. The number of likely N-dealkylation sites (N-methyl/N-ethyl adjacent to an activating group) is 1. The summed E-state index contributed by atoms with van der Waals surface area (Å²) in [7, 11) is 3.78. The Morgan fingerprint density at radius 3 is 2.78 bits per heavy atom. The van der Waals surface area contributed by atoms with Gasteiger partial charge in [-0.25, -0.2) is 14.2 Å². The molecular formula is C15H15ClFN3O3. The third-order valence-electron chi connectivity index (χ3n) is 2.95. The number of carbonyl (C=O) groups is 1. The molecule has 1 N–H and O–H groups in total. The lowest BCUT2D eigenvalue weighted by Crippen LogP contribution is -2.20. The molecular weight excluding hydrogens is 325 g/mol. The molecule has 0 aliphatic heterocycles. The Labute approximate surface area is 137 Å². The fraction of sp³-hybridized carbons (Fsp3) is 0.267. The van der Waals surface area contributed by atoms with Crippen LogP contribution >= 0.6 is 11.6 Å². The van der Waals surface area contributed by atoms with Crippen molar-refractivity contribution in [2.24, 2.45) is 0 Å². The van der Waals surface area contributed by atoms with Crippen LogP contribution in [-0.2, 0) is 0 Å². The lowest BCUT2D eigenvalue weighted by Gasteiger charge is -2.12. The van der Waals surface area contributed by atoms with Crippen LogP contribution in [0.2, 0.25) is 5.02 Å². The number of nitrogens with zero attached hydrogens (tertiary/aromatic N) is 3. The fourth-order valence-corrected chi connectivity index (χ4v) is 2.05. The monoisotopic (exact) mass is 339 g/mol. The third kappa shape index (κ3) is 4.37. The molecule has 0 saturated heterocycles. The number of ether oxygens (including phenoxy) is 1. The van der Waals surface area contributed by atoms with E-state index in [1.54, 1.807) is 0 Å². The van der Waals surface area contributed by atoms with E-state index in [1.807, 2.05) is 19.0 Å². The molecule has 0 unspecified atom stereocenters. The van der Waals surface area contributed by atoms with E-state index in [0.29, 0.717) is 18.7 Å². The number of halogens is 2. The van der Waals surface area contributed by atoms with Crippen molar-refractivity contribution < 1.29 is 19.0 Å². The number of carboxylic acid groups (broad SMARTS) is 1. The van der Waals surface area contributed by atoms with Crippen LogP contribution < -0.4 is 4.74 Å². The Balaban J connectivity index is 2.40. The molecule has 8 heteroatoms. The van der Waals surface area contributed by atoms with Gasteiger partial charge in [0.05, 0.1) is 10.7 Å². The molecule has 1 aromatic carbocycles. The molecule has 1 heterocycles. The van der Waals surface area contributed by atoms with Gasteiger partial charge in [-0.05, 0) is 32.3 Å². The van der Waals surface area contributed by atoms with Crippen molar-refractivity contribution in [3.05, 3.63) is 40.8 Å². The quantitative estimate of drug-likeness (QED) is 0.871. The minimum absolute atomic E-state index is 0.0345. The summed E-state index contributed by atoms with van der Waals surface area (Å²) in [6.07, 6.45) is 1.15. The number of carboxylic acids is 1. The molecule has 0 aliphatic rings. The molecule has 0 bridgehead atoms. The van der Waals surface area contributed by atoms with Gasteiger partial charge in [-0.1, -0.05) is 11.6 Å². The molecule has 0 saturated carbocycles. The first kappa shape index (κ1) is 17.1. The Kier molecular flexibility index (Phi) is 5.46. The van der Waals surface area contributed by atoms with Gasteiger partial charge in [0.25, 0.3) is 0 Å². The number of hydrogen-bond donors (Lipinski definition) is 1. The normalized spacial score (nSPS) is 10.8. The lowest BCUT2D eigenvalue weighted by molar-refractivity contribution is 0.0696. The average molecular weight is 340 g/mol. The van der Waals surface area contributed by atoms with Crippen molar-refractivity contribution in [3.63, 3.8) is 0 Å². The molecule has 0 aliphatic carbocycles. The number of aromatic carboxylic acids is 1. The molecule has 2 aromatic rings. The number of hydrogen-bond acceptors (Lipinski definition) is 5. The van der Waals surface area contributed by atoms with E-state index in [-0.39, 0.29) is 22.3 Å². The highest BCUT2D eigenvalue weighted by atomic mass is 35.5. The highest BCUT2D eigenvalue weighted by Gasteiger charge is 2.18. The largest absolute Gasteiger partial charge is 0.478 e. The smallest absolute Gasteiger partial charge is 0.339 e. The van der Waals surface area contributed by atoms with Crippen LogP contribution in [0.4, 0.5) is 4.39 Å². The first-order chi connectivity index (χ1) is 10.9. The van der Waals surface area contributed by atoms with Crippen LogP contribution in [0.1, 0.15) is 10.4 Å². The van der Waals surface area contributed by atoms with E-state index in [4.69, 9.17) is 16.3 Å². The zero-order valence-electron chi connectivity index (χ0n) is 12.6. The second-order valence-corrected chi connectivity index (χ2v) is 5.40. The molecule has 122 valence electrons. The van der Waals surface area contributed by atoms with Crippen LogP contribution in [0.5, 0.6) is 6.01 Å². The summed E-state index contributed by atoms with van der Waals surface area (Å²) in [5.41, 5.74) is 0.237. The molecule has 0 spiro atoms. The van der Waals surface area contributed by atoms with Crippen LogP contribution in [0.25, 0.3) is 11.3 Å². The fourth-order valence-electron chi connectivity index (χ4n) is 1.80. The van der Waals surface area contributed by atoms with Gasteiger partial charge in [-0.2, -0.15) is 4.98 Å². The zero-order chi connectivity index (χ0) is 17.0. The van der Waals surface area contributed by atoms with E-state index in [2.05, 4.69) is 9.97 Å². The first-order valence-corrected chi connectivity index (χ1v) is 7.09. The predicted octanol–water partition coefficient (Wildman–Crippen LogP) is 2.57. The number of benzene rings is 1. The van der Waals surface area contributed by atoms with Gasteiger partial charge < -0.3 is 14.7 Å². The van der Waals surface area contributed by atoms with E-state index >= 15 is 0 Å². The van der Waals surface area contributed by atoms with E-state index in [9.17, 15) is 14.3 Å². The minimum Gasteiger partial charge on any atom is -0.478 e. The second kappa shape index (κ2) is 7.34. The van der Waals surface area contributed by atoms with Gasteiger partial charge in [0.1, 0.15) is 18.0 Å². The lowest BCUT2D eigenvalue weighted by atomic mass is 10.1. The highest BCUT2D eigenvalue weighted by molar-refractivity contribution is 6.33. The molecule has 0 atom stereocenters. The van der Waals surface area contributed by atoms with Gasteiger partial charge in [0.15, 0.2) is 0 Å². The summed E-state index contributed by atoms with van der Waals surface area (Å²) < 4.78 is 18.6. The molecule has 6 nitrogen and oxygen atoms in total. The first-order valence-electron chi connectivity index (χ1n) is 6.71. The van der Waals surface area contributed by atoms with Gasteiger partial charge in [-0.15, -0.1) is 0 Å². The average Bonchev–Trinajstić information content (AvgIpc) is 2.46. The number of rotatable bonds is 6. The Hall–Kier alpha value is -2.25. The van der Waals surface area contributed by atoms with Crippen molar-refractivity contribution in [2.45, 2.75) is 0 Å². The van der Waals surface area contributed by atoms with Crippen molar-refractivity contribution >= 4 is 17.6 Å². The predicted molar refractivity (Wildman–Crippen MR) is 83.4 cm³/mol. The van der Waals surface area contributed by atoms with E-state index in [0.717, 1.165) is 12.3 Å². The van der Waals surface area contributed by atoms with Crippen molar-refractivity contribution in [2.75, 3.05) is 27.2 Å². The summed E-state index contributed by atoms with van der Waals surface area (Å²) in [4.78, 5) is 21.3. The molecule has 0 amide bonds. The Bertz CT molecular complexity index is 725. The maximum atomic E-state index is 13.2. The maximum Gasteiger partial charge on any atom is 0.339 e. The molecule has 0 fully saturated rings.